The van der Waals surface area contributed by atoms with Gasteiger partial charge in [-0.25, -0.2) is 4.79 Å². The van der Waals surface area contributed by atoms with E-state index in [-0.39, 0.29) is 5.88 Å². The molecule has 18 heavy (non-hydrogen) atoms. The number of carbonyl (C=O) groups is 2. The lowest BCUT2D eigenvalue weighted by atomic mass is 10.1. The summed E-state index contributed by atoms with van der Waals surface area (Å²) in [5, 5.41) is 10.8. The zero-order valence-corrected chi connectivity index (χ0v) is 11.9. The molecule has 0 spiro atoms. The first-order chi connectivity index (χ1) is 8.12. The van der Waals surface area contributed by atoms with Gasteiger partial charge in [-0.15, -0.1) is 11.6 Å². The summed E-state index contributed by atoms with van der Waals surface area (Å²) in [4.78, 5) is 22.0. The highest BCUT2D eigenvalue weighted by molar-refractivity contribution is 6.50. The maximum absolute atomic E-state index is 11.3. The maximum Gasteiger partial charge on any atom is 0.387 e. The highest BCUT2D eigenvalue weighted by Gasteiger charge is 2.58. The predicted octanol–water partition coefficient (Wildman–Crippen LogP) is 0.925. The van der Waals surface area contributed by atoms with Crippen LogP contribution in [-0.4, -0.2) is 22.3 Å². The van der Waals surface area contributed by atoms with Gasteiger partial charge in [-0.2, -0.15) is 0 Å². The fourth-order valence-electron chi connectivity index (χ4n) is 1.67. The Hall–Kier alpha value is -0.630. The fourth-order valence-corrected chi connectivity index (χ4v) is 1.87. The van der Waals surface area contributed by atoms with Crippen molar-refractivity contribution < 1.29 is 19.4 Å². The van der Waals surface area contributed by atoms with Crippen molar-refractivity contribution in [3.63, 3.8) is 0 Å². The highest BCUT2D eigenvalue weighted by Crippen LogP contribution is 2.57. The molecule has 0 aromatic rings. The number of carboxylic acid groups (broad SMARTS) is 1. The second-order valence-corrected chi connectivity index (χ2v) is 6.21. The first-order valence-corrected chi connectivity index (χ1v) is 6.30. The van der Waals surface area contributed by atoms with E-state index in [1.807, 2.05) is 0 Å². The van der Waals surface area contributed by atoms with Crippen LogP contribution in [0.1, 0.15) is 13.8 Å². The molecule has 4 nitrogen and oxygen atoms in total. The van der Waals surface area contributed by atoms with Gasteiger partial charge in [-0.3, -0.25) is 0 Å². The number of carboxylic acids is 1. The van der Waals surface area contributed by atoms with Crippen molar-refractivity contribution in [2.75, 3.05) is 5.88 Å². The first kappa shape index (κ1) is 15.4. The van der Waals surface area contributed by atoms with Crippen LogP contribution in [0.3, 0.4) is 0 Å². The van der Waals surface area contributed by atoms with E-state index >= 15 is 0 Å². The first-order valence-electron chi connectivity index (χ1n) is 5.01. The molecule has 0 amide bonds. The molecule has 100 valence electrons. The normalized spacial score (nSPS) is 24.7. The number of esters is 1. The summed E-state index contributed by atoms with van der Waals surface area (Å²) in [6.07, 6.45) is 0. The van der Waals surface area contributed by atoms with Gasteiger partial charge < -0.3 is 14.6 Å². The molecule has 0 aromatic carbocycles. The second kappa shape index (κ2) is 5.16. The SMILES string of the molecule is CC1(C)C(C#CC(=O)OC(Cl)(Cl)CCl)C1C(=O)[O-]. The lowest BCUT2D eigenvalue weighted by Crippen LogP contribution is -2.26. The molecule has 0 bridgehead atoms. The molecule has 0 N–H and O–H groups in total. The van der Waals surface area contributed by atoms with Gasteiger partial charge in [-0.05, 0) is 5.41 Å². The van der Waals surface area contributed by atoms with Gasteiger partial charge in [0.1, 0.15) is 0 Å². The molecule has 1 aliphatic carbocycles. The quantitative estimate of drug-likeness (QED) is 0.336. The average molecular weight is 313 g/mol. The van der Waals surface area contributed by atoms with E-state index < -0.39 is 33.7 Å². The summed E-state index contributed by atoms with van der Waals surface area (Å²) in [6.45, 7) is 3.45. The number of aliphatic carboxylic acids is 1. The molecule has 0 heterocycles. The summed E-state index contributed by atoms with van der Waals surface area (Å²) in [5.74, 6) is 1.07. The Morgan fingerprint density at radius 1 is 1.44 bits per heavy atom. The van der Waals surface area contributed by atoms with Crippen LogP contribution in [0, 0.1) is 29.1 Å². The summed E-state index contributed by atoms with van der Waals surface area (Å²) < 4.78 is 2.72. The van der Waals surface area contributed by atoms with Gasteiger partial charge in [0, 0.05) is 23.7 Å². The maximum atomic E-state index is 11.3. The van der Waals surface area contributed by atoms with Gasteiger partial charge in [0.05, 0.1) is 5.88 Å². The largest absolute Gasteiger partial charge is 0.550 e. The van der Waals surface area contributed by atoms with Crippen LogP contribution < -0.4 is 5.11 Å². The smallest absolute Gasteiger partial charge is 0.387 e. The third-order valence-electron chi connectivity index (χ3n) is 2.81. The van der Waals surface area contributed by atoms with Crippen molar-refractivity contribution in [3.05, 3.63) is 0 Å². The number of halogens is 3. The molecule has 2 unspecified atom stereocenters. The van der Waals surface area contributed by atoms with Crippen molar-refractivity contribution >= 4 is 46.7 Å². The monoisotopic (exact) mass is 311 g/mol. The Morgan fingerprint density at radius 2 is 2.00 bits per heavy atom. The van der Waals surface area contributed by atoms with E-state index in [4.69, 9.17) is 34.8 Å². The summed E-state index contributed by atoms with van der Waals surface area (Å²) >= 11 is 16.3. The second-order valence-electron chi connectivity index (χ2n) is 4.53. The van der Waals surface area contributed by atoms with Crippen LogP contribution >= 0.6 is 34.8 Å². The Morgan fingerprint density at radius 3 is 2.39 bits per heavy atom. The zero-order chi connectivity index (χ0) is 14.1. The van der Waals surface area contributed by atoms with Crippen LogP contribution in [0.5, 0.6) is 0 Å². The van der Waals surface area contributed by atoms with E-state index in [0.717, 1.165) is 0 Å². The van der Waals surface area contributed by atoms with Gasteiger partial charge in [0.25, 0.3) is 4.52 Å². The summed E-state index contributed by atoms with van der Waals surface area (Å²) in [6, 6.07) is 0. The van der Waals surface area contributed by atoms with E-state index in [1.165, 1.54) is 0 Å². The van der Waals surface area contributed by atoms with E-state index in [0.29, 0.717) is 0 Å². The lowest BCUT2D eigenvalue weighted by Gasteiger charge is -2.14. The van der Waals surface area contributed by atoms with Crippen LogP contribution in [0.2, 0.25) is 0 Å². The summed E-state index contributed by atoms with van der Waals surface area (Å²) in [7, 11) is 0. The van der Waals surface area contributed by atoms with Crippen LogP contribution in [-0.2, 0) is 14.3 Å². The molecule has 2 atom stereocenters. The van der Waals surface area contributed by atoms with Crippen LogP contribution in [0.4, 0.5) is 0 Å². The Balaban J connectivity index is 2.63. The zero-order valence-electron chi connectivity index (χ0n) is 9.63. The van der Waals surface area contributed by atoms with Gasteiger partial charge in [-0.1, -0.05) is 43.0 Å². The van der Waals surface area contributed by atoms with Gasteiger partial charge >= 0.3 is 5.97 Å². The van der Waals surface area contributed by atoms with Crippen molar-refractivity contribution in [3.8, 4) is 11.8 Å². The van der Waals surface area contributed by atoms with Gasteiger partial charge in [0.2, 0.25) is 0 Å². The predicted molar refractivity (Wildman–Crippen MR) is 64.8 cm³/mol. The number of carbonyl (C=O) groups excluding carboxylic acids is 2. The molecule has 0 saturated heterocycles. The number of hydrogen-bond acceptors (Lipinski definition) is 4. The topological polar surface area (TPSA) is 66.4 Å². The number of alkyl halides is 3. The van der Waals surface area contributed by atoms with E-state index in [9.17, 15) is 14.7 Å². The Labute approximate surface area is 120 Å². The van der Waals surface area contributed by atoms with E-state index in [2.05, 4.69) is 16.6 Å². The van der Waals surface area contributed by atoms with Crippen molar-refractivity contribution in [1.82, 2.24) is 0 Å². The molecule has 1 aliphatic rings. The Bertz CT molecular complexity index is 433. The molecular formula is C11H10Cl3O4-. The van der Waals surface area contributed by atoms with Crippen LogP contribution in [0.25, 0.3) is 0 Å². The molecule has 0 radical (unpaired) electrons. The van der Waals surface area contributed by atoms with E-state index in [1.54, 1.807) is 13.8 Å². The lowest BCUT2D eigenvalue weighted by molar-refractivity contribution is -0.308. The number of ether oxygens (including phenoxy) is 1. The van der Waals surface area contributed by atoms with Gasteiger partial charge in [0.15, 0.2) is 0 Å². The molecular weight excluding hydrogens is 302 g/mol. The molecule has 0 aromatic heterocycles. The fraction of sp³-hybridized carbons (Fsp3) is 0.636. The molecule has 1 saturated carbocycles. The minimum Gasteiger partial charge on any atom is -0.550 e. The van der Waals surface area contributed by atoms with Crippen molar-refractivity contribution in [2.24, 2.45) is 17.3 Å². The minimum absolute atomic E-state index is 0.305. The average Bonchev–Trinajstić information content (AvgIpc) is 2.77. The number of hydrogen-bond donors (Lipinski definition) is 0. The standard InChI is InChI=1S/C11H11Cl3O4/c1-10(2)6(8(10)9(16)17)3-4-7(15)18-11(13,14)5-12/h6,8H,5H2,1-2H3,(H,16,17)/p-1. The number of rotatable bonds is 3. The minimum atomic E-state index is -1.83. The van der Waals surface area contributed by atoms with Crippen molar-refractivity contribution in [2.45, 2.75) is 18.4 Å². The third-order valence-corrected chi connectivity index (χ3v) is 3.88. The Kier molecular flexibility index (Phi) is 4.42. The highest BCUT2D eigenvalue weighted by atomic mass is 35.5. The third kappa shape index (κ3) is 3.44. The summed E-state index contributed by atoms with van der Waals surface area (Å²) in [5.41, 5.74) is -0.516. The molecule has 1 rings (SSSR count). The van der Waals surface area contributed by atoms with Crippen LogP contribution in [0.15, 0.2) is 0 Å². The molecule has 0 aliphatic heterocycles. The van der Waals surface area contributed by atoms with Crippen molar-refractivity contribution in [1.29, 1.82) is 0 Å². The molecule has 7 heteroatoms. The molecule has 1 fully saturated rings.